The first kappa shape index (κ1) is 39.9. The van der Waals surface area contributed by atoms with Crippen LogP contribution in [0.4, 0.5) is 0 Å². The van der Waals surface area contributed by atoms with E-state index in [0.29, 0.717) is 34.9 Å². The molecule has 3 aromatic heterocycles. The Morgan fingerprint density at radius 1 is 0.217 bits per heavy atom. The number of rotatable bonds is 8. The summed E-state index contributed by atoms with van der Waals surface area (Å²) in [5, 5.41) is 6.57. The van der Waals surface area contributed by atoms with Crippen molar-refractivity contribution in [2.24, 2.45) is 0 Å². The molecule has 0 saturated carbocycles. The first-order valence-electron chi connectivity index (χ1n) is 22.9. The smallest absolute Gasteiger partial charge is 0.164 e. The van der Waals surface area contributed by atoms with Crippen molar-refractivity contribution in [3.63, 3.8) is 0 Å². The Bertz CT molecular complexity index is 4010. The quantitative estimate of drug-likeness (QED) is 0.150. The summed E-state index contributed by atoms with van der Waals surface area (Å²) in [7, 11) is 0. The van der Waals surface area contributed by atoms with Crippen molar-refractivity contribution in [3.8, 4) is 90.6 Å². The Morgan fingerprint density at radius 2 is 0.681 bits per heavy atom. The van der Waals surface area contributed by atoms with E-state index in [2.05, 4.69) is 158 Å². The van der Waals surface area contributed by atoms with Gasteiger partial charge in [0.2, 0.25) is 0 Å². The zero-order chi connectivity index (χ0) is 45.7. The normalized spacial score (nSPS) is 11.5. The third-order valence-electron chi connectivity index (χ3n) is 12.8. The Morgan fingerprint density at radius 3 is 1.39 bits per heavy atom. The molecule has 0 unspecified atom stereocenters. The summed E-state index contributed by atoms with van der Waals surface area (Å²) < 4.78 is 6.52. The van der Waals surface area contributed by atoms with Gasteiger partial charge in [-0.1, -0.05) is 200 Å². The summed E-state index contributed by atoms with van der Waals surface area (Å²) in [4.78, 5) is 30.5. The van der Waals surface area contributed by atoms with Crippen LogP contribution in [0.3, 0.4) is 0 Å². The van der Waals surface area contributed by atoms with E-state index in [1.54, 1.807) is 0 Å². The number of hydrogen-bond acceptors (Lipinski definition) is 7. The van der Waals surface area contributed by atoms with Crippen LogP contribution in [-0.2, 0) is 0 Å². The van der Waals surface area contributed by atoms with E-state index in [4.69, 9.17) is 34.3 Å². The Labute approximate surface area is 397 Å². The summed E-state index contributed by atoms with van der Waals surface area (Å²) in [6.07, 6.45) is 0. The van der Waals surface area contributed by atoms with Gasteiger partial charge in [0, 0.05) is 44.2 Å². The second-order valence-electron chi connectivity index (χ2n) is 17.1. The SMILES string of the molecule is c1ccc(-c2nc(-c3ccccc3)nc(-c3ccc(-c4cc5oc6ccccc6c5cc4-c4cccc(-c5nc(-c6ccc7ccccc7c6)nc(-c6cccc7ccccc67)n5)c4)cc3)n2)cc1. The molecule has 322 valence electrons. The highest BCUT2D eigenvalue weighted by molar-refractivity contribution is 6.09. The highest BCUT2D eigenvalue weighted by atomic mass is 16.3. The summed E-state index contributed by atoms with van der Waals surface area (Å²) in [5.74, 6) is 3.64. The van der Waals surface area contributed by atoms with Gasteiger partial charge in [0.05, 0.1) is 0 Å². The lowest BCUT2D eigenvalue weighted by molar-refractivity contribution is 0.669. The fourth-order valence-electron chi connectivity index (χ4n) is 9.31. The molecule has 13 rings (SSSR count). The van der Waals surface area contributed by atoms with Gasteiger partial charge in [0.1, 0.15) is 11.2 Å². The number of fused-ring (bicyclic) bond motifs is 5. The average molecular weight is 883 g/mol. The van der Waals surface area contributed by atoms with E-state index in [0.717, 1.165) is 99.1 Å². The standard InChI is InChI=1S/C62H38N6O/c1-3-17-42(18-4-1)57-63-58(43-19-5-2-6-20-43)65-59(64-57)44-32-30-41(31-33-44)53-38-56-54(50-26-11-12-28-55(50)69-56)37-52(53)46-23-13-24-47(36-46)60-66-61(48-34-29-39-15-7-8-21-45(39)35-48)68-62(67-60)51-27-14-22-40-16-9-10-25-49(40)51/h1-38H. The maximum Gasteiger partial charge on any atom is 0.164 e. The second-order valence-corrected chi connectivity index (χ2v) is 17.1. The number of hydrogen-bond donors (Lipinski definition) is 0. The summed E-state index contributed by atoms with van der Waals surface area (Å²) in [6.45, 7) is 0. The third-order valence-corrected chi connectivity index (χ3v) is 12.8. The minimum Gasteiger partial charge on any atom is -0.456 e. The monoisotopic (exact) mass is 882 g/mol. The zero-order valence-electron chi connectivity index (χ0n) is 37.0. The molecule has 0 radical (unpaired) electrons. The molecule has 0 aliphatic heterocycles. The Hall–Kier alpha value is -9.46. The molecule has 10 aromatic carbocycles. The van der Waals surface area contributed by atoms with E-state index < -0.39 is 0 Å². The molecule has 0 fully saturated rings. The number of benzene rings is 10. The molecule has 7 heteroatoms. The van der Waals surface area contributed by atoms with E-state index >= 15 is 0 Å². The fraction of sp³-hybridized carbons (Fsp3) is 0. The van der Waals surface area contributed by atoms with E-state index in [1.165, 1.54) is 0 Å². The van der Waals surface area contributed by atoms with Crippen molar-refractivity contribution in [1.82, 2.24) is 29.9 Å². The number of aromatic nitrogens is 6. The number of para-hydroxylation sites is 1. The minimum atomic E-state index is 0.584. The Balaban J connectivity index is 0.956. The largest absolute Gasteiger partial charge is 0.456 e. The molecular formula is C62H38N6O. The van der Waals surface area contributed by atoms with Crippen molar-refractivity contribution < 1.29 is 4.42 Å². The van der Waals surface area contributed by atoms with E-state index in [-0.39, 0.29) is 0 Å². The molecule has 13 aromatic rings. The number of furan rings is 1. The van der Waals surface area contributed by atoms with Gasteiger partial charge in [0.25, 0.3) is 0 Å². The van der Waals surface area contributed by atoms with Crippen LogP contribution >= 0.6 is 0 Å². The van der Waals surface area contributed by atoms with E-state index in [1.807, 2.05) is 72.8 Å². The molecule has 0 atom stereocenters. The van der Waals surface area contributed by atoms with Gasteiger partial charge in [-0.15, -0.1) is 0 Å². The first-order valence-corrected chi connectivity index (χ1v) is 22.9. The minimum absolute atomic E-state index is 0.584. The summed E-state index contributed by atoms with van der Waals surface area (Å²) in [6, 6.07) is 79.1. The van der Waals surface area contributed by atoms with Crippen LogP contribution in [0.15, 0.2) is 235 Å². The van der Waals surface area contributed by atoms with Crippen molar-refractivity contribution in [3.05, 3.63) is 231 Å². The molecule has 0 aliphatic rings. The van der Waals surface area contributed by atoms with Crippen molar-refractivity contribution in [1.29, 1.82) is 0 Å². The molecular weight excluding hydrogens is 845 g/mol. The molecule has 0 bridgehead atoms. The fourth-order valence-corrected chi connectivity index (χ4v) is 9.31. The molecule has 7 nitrogen and oxygen atoms in total. The van der Waals surface area contributed by atoms with Gasteiger partial charge in [0.15, 0.2) is 34.9 Å². The van der Waals surface area contributed by atoms with Crippen molar-refractivity contribution in [2.75, 3.05) is 0 Å². The van der Waals surface area contributed by atoms with E-state index in [9.17, 15) is 0 Å². The molecule has 0 aliphatic carbocycles. The molecule has 0 saturated heterocycles. The number of nitrogens with zero attached hydrogens (tertiary/aromatic N) is 6. The van der Waals surface area contributed by atoms with Crippen molar-refractivity contribution >= 4 is 43.5 Å². The Kier molecular flexibility index (Phi) is 9.68. The highest BCUT2D eigenvalue weighted by Crippen LogP contribution is 2.41. The molecule has 3 heterocycles. The molecule has 0 amide bonds. The van der Waals surface area contributed by atoms with Crippen LogP contribution < -0.4 is 0 Å². The van der Waals surface area contributed by atoms with Gasteiger partial charge in [-0.3, -0.25) is 0 Å². The van der Waals surface area contributed by atoms with Crippen LogP contribution in [0, 0.1) is 0 Å². The zero-order valence-corrected chi connectivity index (χ0v) is 37.0. The van der Waals surface area contributed by atoms with Crippen LogP contribution in [0.25, 0.3) is 134 Å². The third kappa shape index (κ3) is 7.45. The molecule has 69 heavy (non-hydrogen) atoms. The van der Waals surface area contributed by atoms with Crippen LogP contribution in [-0.4, -0.2) is 29.9 Å². The van der Waals surface area contributed by atoms with Crippen LogP contribution in [0.2, 0.25) is 0 Å². The van der Waals surface area contributed by atoms with Crippen molar-refractivity contribution in [2.45, 2.75) is 0 Å². The van der Waals surface area contributed by atoms with Gasteiger partial charge in [-0.2, -0.15) is 0 Å². The maximum atomic E-state index is 6.52. The lowest BCUT2D eigenvalue weighted by Gasteiger charge is -2.14. The second kappa shape index (κ2) is 16.8. The van der Waals surface area contributed by atoms with Gasteiger partial charge in [-0.25, -0.2) is 29.9 Å². The lowest BCUT2D eigenvalue weighted by atomic mass is 9.91. The predicted octanol–water partition coefficient (Wildman–Crippen LogP) is 15.6. The van der Waals surface area contributed by atoms with Gasteiger partial charge < -0.3 is 4.42 Å². The lowest BCUT2D eigenvalue weighted by Crippen LogP contribution is -2.01. The average Bonchev–Trinajstić information content (AvgIpc) is 3.80. The molecule has 0 spiro atoms. The summed E-state index contributed by atoms with van der Waals surface area (Å²) in [5.41, 5.74) is 11.2. The highest BCUT2D eigenvalue weighted by Gasteiger charge is 2.19. The predicted molar refractivity (Wildman–Crippen MR) is 279 cm³/mol. The first-order chi connectivity index (χ1) is 34.1. The van der Waals surface area contributed by atoms with Gasteiger partial charge in [-0.05, 0) is 74.1 Å². The molecule has 0 N–H and O–H groups in total. The van der Waals surface area contributed by atoms with Crippen LogP contribution in [0.5, 0.6) is 0 Å². The van der Waals surface area contributed by atoms with Crippen LogP contribution in [0.1, 0.15) is 0 Å². The maximum absolute atomic E-state index is 6.52. The summed E-state index contributed by atoms with van der Waals surface area (Å²) >= 11 is 0. The van der Waals surface area contributed by atoms with Gasteiger partial charge >= 0.3 is 0 Å². The topological polar surface area (TPSA) is 90.5 Å².